The molecule has 2 heteroatoms. The Labute approximate surface area is 119 Å². The fourth-order valence-electron chi connectivity index (χ4n) is 2.74. The Bertz CT molecular complexity index is 190. The monoisotopic (exact) mass is 271 g/mol. The van der Waals surface area contributed by atoms with E-state index in [-0.39, 0.29) is 0 Å². The molecular formula is C16H33NS. The Kier molecular flexibility index (Phi) is 9.22. The standard InChI is InChI=1S/C16H33NS/c1-4-11-17-16(13-18-12-14(3)5-2)15-9-7-6-8-10-15/h14-17H,4-13H2,1-3H3. The lowest BCUT2D eigenvalue weighted by molar-refractivity contribution is 0.285. The highest BCUT2D eigenvalue weighted by atomic mass is 32.2. The molecule has 1 fully saturated rings. The first-order valence-electron chi connectivity index (χ1n) is 8.09. The minimum atomic E-state index is 0.777. The molecule has 0 aromatic rings. The van der Waals surface area contributed by atoms with Gasteiger partial charge in [-0.05, 0) is 43.4 Å². The Morgan fingerprint density at radius 3 is 2.44 bits per heavy atom. The molecular weight excluding hydrogens is 238 g/mol. The predicted octanol–water partition coefficient (Wildman–Crippen LogP) is 4.71. The molecule has 1 nitrogen and oxygen atoms in total. The number of hydrogen-bond donors (Lipinski definition) is 1. The lowest BCUT2D eigenvalue weighted by atomic mass is 9.84. The van der Waals surface area contributed by atoms with Crippen LogP contribution < -0.4 is 5.32 Å². The van der Waals surface area contributed by atoms with E-state index in [9.17, 15) is 0 Å². The van der Waals surface area contributed by atoms with Crippen LogP contribution >= 0.6 is 11.8 Å². The molecule has 2 atom stereocenters. The molecule has 0 heterocycles. The van der Waals surface area contributed by atoms with E-state index in [0.29, 0.717) is 0 Å². The van der Waals surface area contributed by atoms with Crippen LogP contribution in [0.3, 0.4) is 0 Å². The fraction of sp³-hybridized carbons (Fsp3) is 1.00. The molecule has 108 valence electrons. The first kappa shape index (κ1) is 16.4. The first-order chi connectivity index (χ1) is 8.77. The van der Waals surface area contributed by atoms with Crippen molar-refractivity contribution in [2.24, 2.45) is 11.8 Å². The van der Waals surface area contributed by atoms with E-state index in [2.05, 4.69) is 37.8 Å². The normalized spacial score (nSPS) is 20.8. The third kappa shape index (κ3) is 6.47. The topological polar surface area (TPSA) is 12.0 Å². The molecule has 18 heavy (non-hydrogen) atoms. The molecule has 0 aliphatic heterocycles. The predicted molar refractivity (Wildman–Crippen MR) is 85.4 cm³/mol. The van der Waals surface area contributed by atoms with Gasteiger partial charge in [0.1, 0.15) is 0 Å². The van der Waals surface area contributed by atoms with Crippen LogP contribution in [0.4, 0.5) is 0 Å². The van der Waals surface area contributed by atoms with E-state index in [1.165, 1.54) is 63.0 Å². The van der Waals surface area contributed by atoms with Crippen LogP contribution in [0.5, 0.6) is 0 Å². The SMILES string of the molecule is CCCNC(CSCC(C)CC)C1CCCCC1. The summed E-state index contributed by atoms with van der Waals surface area (Å²) in [7, 11) is 0. The second-order valence-corrected chi connectivity index (χ2v) is 7.08. The molecule has 1 N–H and O–H groups in total. The number of nitrogens with one attached hydrogen (secondary N) is 1. The summed E-state index contributed by atoms with van der Waals surface area (Å²) in [5.74, 6) is 4.51. The maximum atomic E-state index is 3.81. The van der Waals surface area contributed by atoms with Crippen molar-refractivity contribution < 1.29 is 0 Å². The van der Waals surface area contributed by atoms with Crippen molar-refractivity contribution in [1.82, 2.24) is 5.32 Å². The van der Waals surface area contributed by atoms with E-state index < -0.39 is 0 Å². The van der Waals surface area contributed by atoms with Gasteiger partial charge in [0, 0.05) is 11.8 Å². The summed E-state index contributed by atoms with van der Waals surface area (Å²) in [6, 6.07) is 0.777. The number of hydrogen-bond acceptors (Lipinski definition) is 2. The smallest absolute Gasteiger partial charge is 0.0186 e. The van der Waals surface area contributed by atoms with E-state index >= 15 is 0 Å². The quantitative estimate of drug-likeness (QED) is 0.651. The third-order valence-electron chi connectivity index (χ3n) is 4.27. The van der Waals surface area contributed by atoms with Crippen molar-refractivity contribution in [1.29, 1.82) is 0 Å². The second kappa shape index (κ2) is 10.1. The first-order valence-corrected chi connectivity index (χ1v) is 9.24. The average molecular weight is 272 g/mol. The summed E-state index contributed by atoms with van der Waals surface area (Å²) in [6.07, 6.45) is 9.91. The van der Waals surface area contributed by atoms with Crippen LogP contribution in [0.15, 0.2) is 0 Å². The second-order valence-electron chi connectivity index (χ2n) is 6.01. The molecule has 0 spiro atoms. The van der Waals surface area contributed by atoms with Gasteiger partial charge in [0.15, 0.2) is 0 Å². The number of rotatable bonds is 9. The van der Waals surface area contributed by atoms with Crippen molar-refractivity contribution in [3.63, 3.8) is 0 Å². The molecule has 1 aliphatic rings. The molecule has 0 bridgehead atoms. The highest BCUT2D eigenvalue weighted by Crippen LogP contribution is 2.28. The fourth-order valence-corrected chi connectivity index (χ4v) is 4.16. The van der Waals surface area contributed by atoms with Gasteiger partial charge in [-0.1, -0.05) is 46.5 Å². The Hall–Kier alpha value is 0.310. The van der Waals surface area contributed by atoms with Gasteiger partial charge in [-0.2, -0.15) is 11.8 Å². The number of thioether (sulfide) groups is 1. The zero-order valence-corrected chi connectivity index (χ0v) is 13.5. The van der Waals surface area contributed by atoms with E-state index in [4.69, 9.17) is 0 Å². The minimum Gasteiger partial charge on any atom is -0.313 e. The molecule has 1 rings (SSSR count). The zero-order chi connectivity index (χ0) is 13.2. The summed E-state index contributed by atoms with van der Waals surface area (Å²) >= 11 is 2.18. The highest BCUT2D eigenvalue weighted by Gasteiger charge is 2.22. The molecule has 0 aromatic carbocycles. The lowest BCUT2D eigenvalue weighted by Gasteiger charge is -2.31. The van der Waals surface area contributed by atoms with Crippen LogP contribution in [0, 0.1) is 11.8 Å². The molecule has 0 amide bonds. The Morgan fingerprint density at radius 1 is 1.11 bits per heavy atom. The van der Waals surface area contributed by atoms with Crippen LogP contribution in [0.25, 0.3) is 0 Å². The van der Waals surface area contributed by atoms with Gasteiger partial charge >= 0.3 is 0 Å². The van der Waals surface area contributed by atoms with Gasteiger partial charge < -0.3 is 5.32 Å². The summed E-state index contributed by atoms with van der Waals surface area (Å²) in [6.45, 7) is 8.16. The van der Waals surface area contributed by atoms with Crippen molar-refractivity contribution in [3.05, 3.63) is 0 Å². The van der Waals surface area contributed by atoms with Gasteiger partial charge in [-0.3, -0.25) is 0 Å². The molecule has 2 unspecified atom stereocenters. The molecule has 1 aliphatic carbocycles. The molecule has 0 saturated heterocycles. The van der Waals surface area contributed by atoms with Gasteiger partial charge in [0.05, 0.1) is 0 Å². The largest absolute Gasteiger partial charge is 0.313 e. The van der Waals surface area contributed by atoms with Crippen LogP contribution in [-0.4, -0.2) is 24.1 Å². The molecule has 1 saturated carbocycles. The molecule has 0 radical (unpaired) electrons. The van der Waals surface area contributed by atoms with Crippen molar-refractivity contribution in [2.45, 2.75) is 71.8 Å². The average Bonchev–Trinajstić information content (AvgIpc) is 2.43. The van der Waals surface area contributed by atoms with E-state index in [1.54, 1.807) is 0 Å². The Morgan fingerprint density at radius 2 is 1.83 bits per heavy atom. The van der Waals surface area contributed by atoms with Gasteiger partial charge in [0.2, 0.25) is 0 Å². The maximum Gasteiger partial charge on any atom is 0.0186 e. The van der Waals surface area contributed by atoms with Crippen LogP contribution in [0.2, 0.25) is 0 Å². The summed E-state index contributed by atoms with van der Waals surface area (Å²) in [5, 5.41) is 3.81. The van der Waals surface area contributed by atoms with Gasteiger partial charge in [0.25, 0.3) is 0 Å². The third-order valence-corrected chi connectivity index (χ3v) is 5.67. The minimum absolute atomic E-state index is 0.777. The highest BCUT2D eigenvalue weighted by molar-refractivity contribution is 7.99. The Balaban J connectivity index is 2.29. The van der Waals surface area contributed by atoms with Crippen LogP contribution in [-0.2, 0) is 0 Å². The summed E-state index contributed by atoms with van der Waals surface area (Å²) < 4.78 is 0. The maximum absolute atomic E-state index is 3.81. The van der Waals surface area contributed by atoms with Crippen LogP contribution in [0.1, 0.15) is 65.7 Å². The van der Waals surface area contributed by atoms with Gasteiger partial charge in [-0.25, -0.2) is 0 Å². The van der Waals surface area contributed by atoms with Crippen molar-refractivity contribution in [2.75, 3.05) is 18.1 Å². The molecule has 0 aromatic heterocycles. The zero-order valence-electron chi connectivity index (χ0n) is 12.7. The van der Waals surface area contributed by atoms with E-state index in [0.717, 1.165) is 17.9 Å². The van der Waals surface area contributed by atoms with Crippen molar-refractivity contribution >= 4 is 11.8 Å². The van der Waals surface area contributed by atoms with E-state index in [1.807, 2.05) is 0 Å². The van der Waals surface area contributed by atoms with Crippen molar-refractivity contribution in [3.8, 4) is 0 Å². The summed E-state index contributed by atoms with van der Waals surface area (Å²) in [4.78, 5) is 0. The van der Waals surface area contributed by atoms with Gasteiger partial charge in [-0.15, -0.1) is 0 Å². The lowest BCUT2D eigenvalue weighted by Crippen LogP contribution is -2.39. The summed E-state index contributed by atoms with van der Waals surface area (Å²) in [5.41, 5.74) is 0.